The number of phenolic OH excluding ortho intramolecular Hbond substituents is 1. The van der Waals surface area contributed by atoms with Crippen molar-refractivity contribution in [3.05, 3.63) is 23.3 Å². The van der Waals surface area contributed by atoms with Gasteiger partial charge in [0.15, 0.2) is 11.9 Å². The maximum Gasteiger partial charge on any atom is 0.258 e. The number of rotatable bonds is 7. The summed E-state index contributed by atoms with van der Waals surface area (Å²) in [5.74, 6) is -0.436. The monoisotopic (exact) mass is 279 g/mol. The van der Waals surface area contributed by atoms with E-state index in [9.17, 15) is 14.7 Å². The predicted molar refractivity (Wildman–Crippen MR) is 76.0 cm³/mol. The minimum atomic E-state index is -0.742. The van der Waals surface area contributed by atoms with Gasteiger partial charge in [-0.15, -0.1) is 0 Å². The summed E-state index contributed by atoms with van der Waals surface area (Å²) in [4.78, 5) is 22.7. The first-order chi connectivity index (χ1) is 9.42. The van der Waals surface area contributed by atoms with Gasteiger partial charge >= 0.3 is 0 Å². The molecule has 0 fully saturated rings. The van der Waals surface area contributed by atoms with Crippen LogP contribution < -0.4 is 10.5 Å². The first-order valence-corrected chi connectivity index (χ1v) is 6.74. The summed E-state index contributed by atoms with van der Waals surface area (Å²) < 4.78 is 5.58. The number of benzene rings is 1. The van der Waals surface area contributed by atoms with Crippen molar-refractivity contribution < 1.29 is 19.4 Å². The number of hydrogen-bond acceptors (Lipinski definition) is 4. The Morgan fingerprint density at radius 2 is 2.00 bits per heavy atom. The van der Waals surface area contributed by atoms with Crippen molar-refractivity contribution in [2.75, 3.05) is 0 Å². The number of carbonyl (C=O) groups excluding carboxylic acids is 2. The molecule has 0 heterocycles. The molecule has 0 aliphatic carbocycles. The van der Waals surface area contributed by atoms with Crippen LogP contribution in [-0.4, -0.2) is 22.9 Å². The number of ketones is 1. The number of nitrogens with two attached hydrogens (primary N) is 1. The topological polar surface area (TPSA) is 89.6 Å². The lowest BCUT2D eigenvalue weighted by molar-refractivity contribution is -0.124. The number of carbonyl (C=O) groups is 2. The summed E-state index contributed by atoms with van der Waals surface area (Å²) in [5.41, 5.74) is 6.05. The van der Waals surface area contributed by atoms with Gasteiger partial charge in [-0.1, -0.05) is 20.3 Å². The van der Waals surface area contributed by atoms with Crippen molar-refractivity contribution in [2.45, 2.75) is 46.1 Å². The Morgan fingerprint density at radius 1 is 1.35 bits per heavy atom. The predicted octanol–water partition coefficient (Wildman–Crippen LogP) is 2.19. The highest BCUT2D eigenvalue weighted by Crippen LogP contribution is 2.33. The Kier molecular flexibility index (Phi) is 5.55. The van der Waals surface area contributed by atoms with Crippen molar-refractivity contribution in [1.29, 1.82) is 0 Å². The first kappa shape index (κ1) is 16.0. The van der Waals surface area contributed by atoms with Crippen molar-refractivity contribution in [3.8, 4) is 11.5 Å². The van der Waals surface area contributed by atoms with E-state index in [-0.39, 0.29) is 17.1 Å². The van der Waals surface area contributed by atoms with E-state index in [1.165, 1.54) is 13.0 Å². The van der Waals surface area contributed by atoms with Gasteiger partial charge < -0.3 is 15.6 Å². The lowest BCUT2D eigenvalue weighted by atomic mass is 10.0. The molecule has 1 aromatic carbocycles. The second-order valence-electron chi connectivity index (χ2n) is 4.66. The van der Waals surface area contributed by atoms with Gasteiger partial charge in [-0.25, -0.2) is 0 Å². The van der Waals surface area contributed by atoms with Gasteiger partial charge in [-0.2, -0.15) is 0 Å². The number of ether oxygens (including phenoxy) is 1. The zero-order chi connectivity index (χ0) is 15.3. The standard InChI is InChI=1S/C15H21NO4/c1-4-6-11-13(20-12(5-2)15(16)19)8-7-10(9(3)17)14(11)18/h7-8,12,18H,4-6H2,1-3H3,(H2,16,19). The molecule has 3 N–H and O–H groups in total. The van der Waals surface area contributed by atoms with Crippen LogP contribution in [0.3, 0.4) is 0 Å². The molecule has 0 aromatic heterocycles. The van der Waals surface area contributed by atoms with E-state index in [0.29, 0.717) is 24.2 Å². The highest BCUT2D eigenvalue weighted by atomic mass is 16.5. The summed E-state index contributed by atoms with van der Waals surface area (Å²) in [6.07, 6.45) is 1.03. The van der Waals surface area contributed by atoms with E-state index < -0.39 is 12.0 Å². The van der Waals surface area contributed by atoms with Gasteiger partial charge in [0.1, 0.15) is 11.5 Å². The fourth-order valence-corrected chi connectivity index (χ4v) is 2.00. The molecule has 0 bridgehead atoms. The number of hydrogen-bond donors (Lipinski definition) is 2. The molecular weight excluding hydrogens is 258 g/mol. The zero-order valence-corrected chi connectivity index (χ0v) is 12.1. The van der Waals surface area contributed by atoms with Crippen LogP contribution in [0.25, 0.3) is 0 Å². The Labute approximate surface area is 118 Å². The lowest BCUT2D eigenvalue weighted by Gasteiger charge is -2.18. The summed E-state index contributed by atoms with van der Waals surface area (Å²) >= 11 is 0. The Bertz CT molecular complexity index is 511. The van der Waals surface area contributed by atoms with Crippen LogP contribution in [0.4, 0.5) is 0 Å². The van der Waals surface area contributed by atoms with Crippen molar-refractivity contribution in [1.82, 2.24) is 0 Å². The van der Waals surface area contributed by atoms with Crippen LogP contribution >= 0.6 is 0 Å². The van der Waals surface area contributed by atoms with E-state index in [4.69, 9.17) is 10.5 Å². The summed E-state index contributed by atoms with van der Waals surface area (Å²) in [7, 11) is 0. The summed E-state index contributed by atoms with van der Waals surface area (Å²) in [6, 6.07) is 3.10. The molecule has 20 heavy (non-hydrogen) atoms. The average molecular weight is 279 g/mol. The molecule has 0 saturated heterocycles. The third kappa shape index (κ3) is 3.50. The van der Waals surface area contributed by atoms with Gasteiger partial charge in [0.25, 0.3) is 5.91 Å². The Balaban J connectivity index is 3.22. The lowest BCUT2D eigenvalue weighted by Crippen LogP contribution is -2.33. The minimum absolute atomic E-state index is 0.0730. The normalized spacial score (nSPS) is 11.9. The van der Waals surface area contributed by atoms with E-state index in [0.717, 1.165) is 6.42 Å². The molecule has 0 spiro atoms. The number of Topliss-reactive ketones (excluding diaryl/α,β-unsaturated/α-hetero) is 1. The molecule has 1 amide bonds. The molecule has 110 valence electrons. The fraction of sp³-hybridized carbons (Fsp3) is 0.467. The van der Waals surface area contributed by atoms with E-state index in [2.05, 4.69) is 0 Å². The van der Waals surface area contributed by atoms with E-state index in [1.54, 1.807) is 13.0 Å². The van der Waals surface area contributed by atoms with Crippen LogP contribution in [-0.2, 0) is 11.2 Å². The minimum Gasteiger partial charge on any atom is -0.507 e. The molecule has 1 rings (SSSR count). The second kappa shape index (κ2) is 6.93. The van der Waals surface area contributed by atoms with Crippen LogP contribution in [0.5, 0.6) is 11.5 Å². The summed E-state index contributed by atoms with van der Waals surface area (Å²) in [6.45, 7) is 5.14. The van der Waals surface area contributed by atoms with Gasteiger partial charge in [0.2, 0.25) is 0 Å². The smallest absolute Gasteiger partial charge is 0.258 e. The molecule has 5 heteroatoms. The molecule has 5 nitrogen and oxygen atoms in total. The molecule has 0 saturated carbocycles. The molecule has 1 aromatic rings. The molecular formula is C15H21NO4. The van der Waals surface area contributed by atoms with Gasteiger partial charge in [0.05, 0.1) is 5.56 Å². The molecule has 0 aliphatic rings. The average Bonchev–Trinajstić information content (AvgIpc) is 2.38. The quantitative estimate of drug-likeness (QED) is 0.749. The Morgan fingerprint density at radius 3 is 2.45 bits per heavy atom. The number of phenols is 1. The Hall–Kier alpha value is -2.04. The van der Waals surface area contributed by atoms with Crippen molar-refractivity contribution in [2.24, 2.45) is 5.73 Å². The van der Waals surface area contributed by atoms with E-state index in [1.807, 2.05) is 6.92 Å². The zero-order valence-electron chi connectivity index (χ0n) is 12.1. The second-order valence-corrected chi connectivity index (χ2v) is 4.66. The highest BCUT2D eigenvalue weighted by molar-refractivity contribution is 5.97. The fourth-order valence-electron chi connectivity index (χ4n) is 2.00. The van der Waals surface area contributed by atoms with Crippen molar-refractivity contribution >= 4 is 11.7 Å². The largest absolute Gasteiger partial charge is 0.507 e. The first-order valence-electron chi connectivity index (χ1n) is 6.74. The molecule has 1 unspecified atom stereocenters. The highest BCUT2D eigenvalue weighted by Gasteiger charge is 2.20. The SMILES string of the molecule is CCCc1c(OC(CC)C(N)=O)ccc(C(C)=O)c1O. The number of primary amides is 1. The summed E-state index contributed by atoms with van der Waals surface area (Å²) in [5, 5.41) is 10.2. The van der Waals surface area contributed by atoms with Gasteiger partial charge in [0, 0.05) is 5.56 Å². The molecule has 0 radical (unpaired) electrons. The maximum atomic E-state index is 11.4. The van der Waals surface area contributed by atoms with Crippen LogP contribution in [0.1, 0.15) is 49.5 Å². The van der Waals surface area contributed by atoms with Crippen LogP contribution in [0.15, 0.2) is 12.1 Å². The van der Waals surface area contributed by atoms with Gasteiger partial charge in [-0.05, 0) is 31.9 Å². The number of aromatic hydroxyl groups is 1. The molecule has 0 aliphatic heterocycles. The van der Waals surface area contributed by atoms with Gasteiger partial charge in [-0.3, -0.25) is 9.59 Å². The molecule has 1 atom stereocenters. The third-order valence-electron chi connectivity index (χ3n) is 3.08. The van der Waals surface area contributed by atoms with E-state index >= 15 is 0 Å². The van der Waals surface area contributed by atoms with Crippen LogP contribution in [0, 0.1) is 0 Å². The van der Waals surface area contributed by atoms with Crippen molar-refractivity contribution in [3.63, 3.8) is 0 Å². The maximum absolute atomic E-state index is 11.4. The van der Waals surface area contributed by atoms with Crippen LogP contribution in [0.2, 0.25) is 0 Å². The third-order valence-corrected chi connectivity index (χ3v) is 3.08. The number of amides is 1.